The summed E-state index contributed by atoms with van der Waals surface area (Å²) in [6.07, 6.45) is 0. The van der Waals surface area contributed by atoms with E-state index in [4.69, 9.17) is 34.8 Å². The average Bonchev–Trinajstić information content (AvgIpc) is 2.97. The topological polar surface area (TPSA) is 0 Å². The van der Waals surface area contributed by atoms with Crippen molar-refractivity contribution in [3.05, 3.63) is 165 Å². The van der Waals surface area contributed by atoms with Gasteiger partial charge in [-0.3, -0.25) is 0 Å². The molecule has 214 valence electrons. The second kappa shape index (κ2) is 15.6. The molecule has 0 saturated carbocycles. The summed E-state index contributed by atoms with van der Waals surface area (Å²) < 4.78 is 0. The largest absolute Gasteiger partial charge is 0.0836 e. The van der Waals surface area contributed by atoms with E-state index in [0.717, 1.165) is 11.1 Å². The Kier molecular flexibility index (Phi) is 12.3. The molecule has 0 radical (unpaired) electrons. The molecular weight excluding hydrogens is 575 g/mol. The summed E-state index contributed by atoms with van der Waals surface area (Å²) in [6.45, 7) is 8.40. The maximum Gasteiger partial charge on any atom is 0.0607 e. The molecule has 6 aromatic rings. The fourth-order valence-electron chi connectivity index (χ4n) is 4.36. The first-order valence-corrected chi connectivity index (χ1v) is 14.6. The summed E-state index contributed by atoms with van der Waals surface area (Å²) in [4.78, 5) is 0. The molecule has 0 aliphatic heterocycles. The van der Waals surface area contributed by atoms with E-state index >= 15 is 0 Å². The molecule has 0 amide bonds. The van der Waals surface area contributed by atoms with Gasteiger partial charge in [-0.1, -0.05) is 174 Å². The summed E-state index contributed by atoms with van der Waals surface area (Å²) in [5.74, 6) is 0. The molecule has 6 rings (SSSR count). The Morgan fingerprint density at radius 3 is 1.33 bits per heavy atom. The Hall–Kier alpha value is -3.55. The highest BCUT2D eigenvalue weighted by atomic mass is 35.5. The van der Waals surface area contributed by atoms with Crippen molar-refractivity contribution in [2.75, 3.05) is 0 Å². The van der Waals surface area contributed by atoms with E-state index in [1.54, 1.807) is 12.1 Å². The Balaban J connectivity index is 0.000000173. The van der Waals surface area contributed by atoms with Crippen LogP contribution in [0.15, 0.2) is 127 Å². The van der Waals surface area contributed by atoms with E-state index < -0.39 is 0 Å². The van der Waals surface area contributed by atoms with E-state index in [2.05, 4.69) is 112 Å². The van der Waals surface area contributed by atoms with Crippen molar-refractivity contribution in [2.24, 2.45) is 0 Å². The minimum atomic E-state index is 0. The second-order valence-corrected chi connectivity index (χ2v) is 11.4. The van der Waals surface area contributed by atoms with Gasteiger partial charge in [0, 0.05) is 10.6 Å². The summed E-state index contributed by atoms with van der Waals surface area (Å²) in [5, 5.41) is 4.28. The molecule has 0 atom stereocenters. The van der Waals surface area contributed by atoms with E-state index in [1.165, 1.54) is 44.2 Å². The molecule has 0 aliphatic carbocycles. The average molecular weight is 612 g/mol. The molecule has 0 aromatic heterocycles. The van der Waals surface area contributed by atoms with Gasteiger partial charge in [0.05, 0.1) is 10.0 Å². The van der Waals surface area contributed by atoms with E-state index in [9.17, 15) is 0 Å². The van der Waals surface area contributed by atoms with E-state index in [-0.39, 0.29) is 7.43 Å². The quantitative estimate of drug-likeness (QED) is 0.171. The molecule has 0 nitrogen and oxygen atoms in total. The van der Waals surface area contributed by atoms with Crippen LogP contribution in [0.1, 0.15) is 29.7 Å². The number of aryl methyl sites for hydroxylation is 4. The van der Waals surface area contributed by atoms with Crippen LogP contribution in [0.3, 0.4) is 0 Å². The first-order chi connectivity index (χ1) is 19.7. The highest BCUT2D eigenvalue weighted by Gasteiger charge is 2.07. The van der Waals surface area contributed by atoms with Gasteiger partial charge < -0.3 is 0 Å². The lowest BCUT2D eigenvalue weighted by molar-refractivity contribution is 1.45. The third-order valence-corrected chi connectivity index (χ3v) is 7.85. The molecule has 0 spiro atoms. The van der Waals surface area contributed by atoms with Crippen LogP contribution in [0.5, 0.6) is 0 Å². The molecule has 42 heavy (non-hydrogen) atoms. The van der Waals surface area contributed by atoms with Crippen molar-refractivity contribution in [1.29, 1.82) is 0 Å². The maximum absolute atomic E-state index is 6.13. The Bertz CT molecular complexity index is 1670. The van der Waals surface area contributed by atoms with Gasteiger partial charge in [0.2, 0.25) is 0 Å². The van der Waals surface area contributed by atoms with Gasteiger partial charge in [-0.25, -0.2) is 0 Å². The minimum absolute atomic E-state index is 0. The highest BCUT2D eigenvalue weighted by Crippen LogP contribution is 2.35. The summed E-state index contributed by atoms with van der Waals surface area (Å²) >= 11 is 18.0. The smallest absolute Gasteiger partial charge is 0.0607 e. The first-order valence-electron chi connectivity index (χ1n) is 13.5. The lowest BCUT2D eigenvalue weighted by Gasteiger charge is -2.07. The molecule has 3 heteroatoms. The summed E-state index contributed by atoms with van der Waals surface area (Å²) in [7, 11) is 0. The molecule has 0 fully saturated rings. The van der Waals surface area contributed by atoms with Crippen LogP contribution >= 0.6 is 34.8 Å². The van der Waals surface area contributed by atoms with Gasteiger partial charge >= 0.3 is 0 Å². The highest BCUT2D eigenvalue weighted by molar-refractivity contribution is 6.44. The number of benzene rings is 6. The zero-order valence-electron chi connectivity index (χ0n) is 23.8. The number of hydrogen-bond acceptors (Lipinski definition) is 0. The van der Waals surface area contributed by atoms with Crippen LogP contribution < -0.4 is 0 Å². The van der Waals surface area contributed by atoms with Crippen molar-refractivity contribution in [3.63, 3.8) is 0 Å². The second-order valence-electron chi connectivity index (χ2n) is 10.1. The van der Waals surface area contributed by atoms with Gasteiger partial charge in [0.1, 0.15) is 0 Å². The van der Waals surface area contributed by atoms with Crippen LogP contribution in [-0.4, -0.2) is 0 Å². The summed E-state index contributed by atoms with van der Waals surface area (Å²) in [5.41, 5.74) is 9.68. The van der Waals surface area contributed by atoms with Gasteiger partial charge in [-0.15, -0.1) is 0 Å². The Labute approximate surface area is 266 Å². The Morgan fingerprint density at radius 2 is 0.833 bits per heavy atom. The van der Waals surface area contributed by atoms with Crippen LogP contribution in [0.2, 0.25) is 15.1 Å². The molecule has 0 unspecified atom stereocenters. The molecule has 0 heterocycles. The molecule has 0 bridgehead atoms. The Morgan fingerprint density at radius 1 is 0.405 bits per heavy atom. The summed E-state index contributed by atoms with van der Waals surface area (Å²) in [6, 6.07) is 43.6. The van der Waals surface area contributed by atoms with Gasteiger partial charge in [0.25, 0.3) is 0 Å². The minimum Gasteiger partial charge on any atom is -0.0836 e. The predicted molar refractivity (Wildman–Crippen MR) is 188 cm³/mol. The van der Waals surface area contributed by atoms with Gasteiger partial charge in [0.15, 0.2) is 0 Å². The van der Waals surface area contributed by atoms with Crippen LogP contribution in [0.4, 0.5) is 0 Å². The zero-order valence-corrected chi connectivity index (χ0v) is 26.0. The fourth-order valence-corrected chi connectivity index (χ4v) is 5.01. The third-order valence-electron chi connectivity index (χ3n) is 6.82. The predicted octanol–water partition coefficient (Wildman–Crippen LogP) is 13.4. The van der Waals surface area contributed by atoms with Crippen molar-refractivity contribution in [1.82, 2.24) is 0 Å². The van der Waals surface area contributed by atoms with Crippen molar-refractivity contribution < 1.29 is 0 Å². The van der Waals surface area contributed by atoms with Crippen molar-refractivity contribution >= 4 is 45.6 Å². The molecule has 0 aliphatic rings. The molecule has 6 aromatic carbocycles. The van der Waals surface area contributed by atoms with Crippen molar-refractivity contribution in [2.45, 2.75) is 35.1 Å². The van der Waals surface area contributed by atoms with Crippen LogP contribution in [0, 0.1) is 27.7 Å². The van der Waals surface area contributed by atoms with E-state index in [1.807, 2.05) is 31.2 Å². The normalized spacial score (nSPS) is 10.1. The molecule has 0 saturated heterocycles. The number of halogens is 3. The number of fused-ring (bicyclic) bond motifs is 1. The van der Waals surface area contributed by atoms with Crippen LogP contribution in [0.25, 0.3) is 33.0 Å². The fraction of sp³-hybridized carbons (Fsp3) is 0.128. The van der Waals surface area contributed by atoms with E-state index in [0.29, 0.717) is 15.1 Å². The SMILES string of the molecule is C.Cc1ccc(-c2cc(Cl)c(Cl)cc2Cl)cc1.Cc1ccc(-c2ccc(C)cc2)cc1.Cc1cccc2ccccc12. The monoisotopic (exact) mass is 610 g/mol. The van der Waals surface area contributed by atoms with Crippen LogP contribution in [-0.2, 0) is 0 Å². The van der Waals surface area contributed by atoms with Crippen molar-refractivity contribution in [3.8, 4) is 22.3 Å². The molecular formula is C39H37Cl3. The molecule has 0 N–H and O–H groups in total. The third kappa shape index (κ3) is 8.97. The maximum atomic E-state index is 6.13. The van der Waals surface area contributed by atoms with Gasteiger partial charge in [-0.05, 0) is 72.9 Å². The number of hydrogen-bond donors (Lipinski definition) is 0. The number of rotatable bonds is 2. The van der Waals surface area contributed by atoms with Gasteiger partial charge in [-0.2, -0.15) is 0 Å². The lowest BCUT2D eigenvalue weighted by atomic mass is 10.0. The first kappa shape index (κ1) is 33.0. The zero-order chi connectivity index (χ0) is 29.4. The standard InChI is InChI=1S/C14H14.C13H9Cl3.C11H10.CH4/c1-11-3-7-13(8-4-11)14-9-5-12(2)6-10-14;1-8-2-4-9(5-3-8)10-6-12(15)13(16)7-11(10)14;1-9-5-4-7-10-6-2-3-8-11(9)10;/h3-10H,1-2H3;2-7H,1H3;2-8H,1H3;1H4. The lowest BCUT2D eigenvalue weighted by Crippen LogP contribution is -1.81.